The van der Waals surface area contributed by atoms with Gasteiger partial charge in [0.25, 0.3) is 0 Å². The number of hydrogen-bond donors (Lipinski definition) is 2. The number of methoxy groups -OCH3 is 2. The molecule has 7 heteroatoms. The average Bonchev–Trinajstić information content (AvgIpc) is 2.89. The molecule has 0 aromatic heterocycles. The number of hydrogen-bond acceptors (Lipinski definition) is 4. The summed E-state index contributed by atoms with van der Waals surface area (Å²) in [5.74, 6) is 0.00293. The number of nitrogens with zero attached hydrogens (tertiary/aromatic N) is 1. The van der Waals surface area contributed by atoms with Gasteiger partial charge in [0, 0.05) is 32.9 Å². The lowest BCUT2D eigenvalue weighted by Crippen LogP contribution is -2.46. The number of para-hydroxylation sites is 1. The van der Waals surface area contributed by atoms with Crippen molar-refractivity contribution >= 4 is 17.6 Å². The van der Waals surface area contributed by atoms with Gasteiger partial charge in [-0.3, -0.25) is 4.79 Å². The van der Waals surface area contributed by atoms with Gasteiger partial charge in [-0.15, -0.1) is 0 Å². The average molecular weight is 307 g/mol. The Bertz CT molecular complexity index is 505. The van der Waals surface area contributed by atoms with Crippen LogP contribution in [0.3, 0.4) is 0 Å². The smallest absolute Gasteiger partial charge is 0.315 e. The van der Waals surface area contributed by atoms with Crippen LogP contribution in [-0.2, 0) is 14.3 Å². The molecule has 1 aromatic rings. The summed E-state index contributed by atoms with van der Waals surface area (Å²) >= 11 is 0. The largest absolute Gasteiger partial charge is 0.354 e. The molecule has 0 saturated carbocycles. The van der Waals surface area contributed by atoms with E-state index in [1.165, 1.54) is 14.2 Å². The number of urea groups is 1. The van der Waals surface area contributed by atoms with Crippen LogP contribution in [0, 0.1) is 0 Å². The molecule has 1 aliphatic heterocycles. The number of carbonyl (C=O) groups excluding carboxylic acids is 2. The first-order chi connectivity index (χ1) is 10.6. The number of benzene rings is 1. The minimum Gasteiger partial charge on any atom is -0.354 e. The maximum Gasteiger partial charge on any atom is 0.315 e. The molecule has 2 N–H and O–H groups in total. The van der Waals surface area contributed by atoms with Crippen molar-refractivity contribution in [2.45, 2.75) is 18.8 Å². The normalized spacial score (nSPS) is 17.9. The second-order valence-corrected chi connectivity index (χ2v) is 5.00. The Morgan fingerprint density at radius 3 is 2.64 bits per heavy atom. The number of nitrogens with one attached hydrogen (secondary N) is 2. The third-order valence-electron chi connectivity index (χ3n) is 3.48. The maximum absolute atomic E-state index is 12.0. The predicted octanol–water partition coefficient (Wildman–Crippen LogP) is 0.710. The highest BCUT2D eigenvalue weighted by molar-refractivity contribution is 5.96. The van der Waals surface area contributed by atoms with Crippen LogP contribution in [-0.4, -0.2) is 51.6 Å². The van der Waals surface area contributed by atoms with Crippen LogP contribution in [0.1, 0.15) is 6.42 Å². The van der Waals surface area contributed by atoms with Gasteiger partial charge in [0.15, 0.2) is 6.29 Å². The van der Waals surface area contributed by atoms with Gasteiger partial charge in [0.05, 0.1) is 12.6 Å². The highest BCUT2D eigenvalue weighted by Crippen LogP contribution is 2.20. The summed E-state index contributed by atoms with van der Waals surface area (Å²) < 4.78 is 9.97. The first-order valence-electron chi connectivity index (χ1n) is 7.09. The predicted molar refractivity (Wildman–Crippen MR) is 81.5 cm³/mol. The van der Waals surface area contributed by atoms with Gasteiger partial charge in [-0.2, -0.15) is 0 Å². The lowest BCUT2D eigenvalue weighted by molar-refractivity contribution is -0.117. The molecule has 22 heavy (non-hydrogen) atoms. The highest BCUT2D eigenvalue weighted by atomic mass is 16.7. The molecule has 0 radical (unpaired) electrons. The van der Waals surface area contributed by atoms with Crippen LogP contribution in [0.4, 0.5) is 10.5 Å². The van der Waals surface area contributed by atoms with Gasteiger partial charge in [0.2, 0.25) is 5.91 Å². The van der Waals surface area contributed by atoms with Crippen LogP contribution < -0.4 is 15.5 Å². The van der Waals surface area contributed by atoms with Crippen molar-refractivity contribution in [3.63, 3.8) is 0 Å². The quantitative estimate of drug-likeness (QED) is 0.759. The molecule has 1 heterocycles. The molecule has 1 atom stereocenters. The van der Waals surface area contributed by atoms with E-state index in [1.54, 1.807) is 4.90 Å². The van der Waals surface area contributed by atoms with Crippen LogP contribution in [0.5, 0.6) is 0 Å². The summed E-state index contributed by atoms with van der Waals surface area (Å²) in [4.78, 5) is 25.5. The molecule has 1 aliphatic rings. The van der Waals surface area contributed by atoms with E-state index in [-0.39, 0.29) is 24.5 Å². The number of anilines is 1. The summed E-state index contributed by atoms with van der Waals surface area (Å²) in [6, 6.07) is 8.86. The Hall–Kier alpha value is -2.12. The molecule has 2 rings (SSSR count). The summed E-state index contributed by atoms with van der Waals surface area (Å²) in [7, 11) is 3.00. The molecule has 7 nitrogen and oxygen atoms in total. The van der Waals surface area contributed by atoms with Crippen molar-refractivity contribution < 1.29 is 19.1 Å². The van der Waals surface area contributed by atoms with Gasteiger partial charge in [-0.1, -0.05) is 18.2 Å². The number of ether oxygens (including phenoxy) is 2. The van der Waals surface area contributed by atoms with Crippen molar-refractivity contribution in [3.8, 4) is 0 Å². The van der Waals surface area contributed by atoms with E-state index in [1.807, 2.05) is 30.3 Å². The summed E-state index contributed by atoms with van der Waals surface area (Å²) in [5.41, 5.74) is 0.844. The highest BCUT2D eigenvalue weighted by Gasteiger charge is 2.31. The van der Waals surface area contributed by atoms with Crippen LogP contribution in [0.2, 0.25) is 0 Å². The van der Waals surface area contributed by atoms with E-state index in [2.05, 4.69) is 10.6 Å². The summed E-state index contributed by atoms with van der Waals surface area (Å²) in [5, 5.41) is 5.44. The van der Waals surface area contributed by atoms with Crippen molar-refractivity contribution in [1.82, 2.24) is 10.6 Å². The van der Waals surface area contributed by atoms with Crippen molar-refractivity contribution in [2.24, 2.45) is 0 Å². The SMILES string of the molecule is COC(CNC(=O)N[C@H]1CC(=O)N(c2ccccc2)C1)OC. The fourth-order valence-corrected chi connectivity index (χ4v) is 2.34. The molecule has 3 amide bonds. The second kappa shape index (κ2) is 7.77. The van der Waals surface area contributed by atoms with E-state index in [4.69, 9.17) is 9.47 Å². The summed E-state index contributed by atoms with van der Waals surface area (Å²) in [6.07, 6.45) is -0.197. The minimum atomic E-state index is -0.489. The minimum absolute atomic E-state index is 0.00293. The Labute approximate surface area is 129 Å². The molecule has 1 aromatic carbocycles. The maximum atomic E-state index is 12.0. The number of amides is 3. The van der Waals surface area contributed by atoms with Crippen molar-refractivity contribution in [1.29, 1.82) is 0 Å². The fraction of sp³-hybridized carbons (Fsp3) is 0.467. The Morgan fingerprint density at radius 2 is 2.00 bits per heavy atom. The van der Waals surface area contributed by atoms with Crippen molar-refractivity contribution in [2.75, 3.05) is 32.2 Å². The first-order valence-corrected chi connectivity index (χ1v) is 7.09. The van der Waals surface area contributed by atoms with E-state index >= 15 is 0 Å². The molecular formula is C15H21N3O4. The summed E-state index contributed by atoms with van der Waals surface area (Å²) in [6.45, 7) is 0.705. The number of rotatable bonds is 6. The molecule has 0 unspecified atom stereocenters. The van der Waals surface area contributed by atoms with Crippen molar-refractivity contribution in [3.05, 3.63) is 30.3 Å². The van der Waals surface area contributed by atoms with Crippen LogP contribution in [0.25, 0.3) is 0 Å². The fourth-order valence-electron chi connectivity index (χ4n) is 2.34. The van der Waals surface area contributed by atoms with Crippen LogP contribution >= 0.6 is 0 Å². The number of carbonyl (C=O) groups is 2. The van der Waals surface area contributed by atoms with Crippen LogP contribution in [0.15, 0.2) is 30.3 Å². The lowest BCUT2D eigenvalue weighted by atomic mass is 10.2. The van der Waals surface area contributed by atoms with Gasteiger partial charge < -0.3 is 25.0 Å². The molecular weight excluding hydrogens is 286 g/mol. The van der Waals surface area contributed by atoms with E-state index in [9.17, 15) is 9.59 Å². The molecule has 0 spiro atoms. The first kappa shape index (κ1) is 16.3. The molecule has 0 aliphatic carbocycles. The lowest BCUT2D eigenvalue weighted by Gasteiger charge is -2.18. The van der Waals surface area contributed by atoms with Gasteiger partial charge >= 0.3 is 6.03 Å². The Balaban J connectivity index is 1.82. The molecule has 120 valence electrons. The topological polar surface area (TPSA) is 79.9 Å². The van der Waals surface area contributed by atoms with Gasteiger partial charge in [-0.25, -0.2) is 4.79 Å². The Morgan fingerprint density at radius 1 is 1.32 bits per heavy atom. The van der Waals surface area contributed by atoms with E-state index < -0.39 is 6.29 Å². The van der Waals surface area contributed by atoms with E-state index in [0.29, 0.717) is 13.0 Å². The second-order valence-electron chi connectivity index (χ2n) is 5.00. The third-order valence-corrected chi connectivity index (χ3v) is 3.48. The monoisotopic (exact) mass is 307 g/mol. The zero-order valence-electron chi connectivity index (χ0n) is 12.7. The Kier molecular flexibility index (Phi) is 5.74. The standard InChI is InChI=1S/C15H21N3O4/c1-21-14(22-2)9-16-15(20)17-11-8-13(19)18(10-11)12-6-4-3-5-7-12/h3-7,11,14H,8-10H2,1-2H3,(H2,16,17,20)/t11-/m0/s1. The third kappa shape index (κ3) is 4.19. The molecule has 1 fully saturated rings. The zero-order valence-corrected chi connectivity index (χ0v) is 12.7. The molecule has 0 bridgehead atoms. The van der Waals surface area contributed by atoms with Gasteiger partial charge in [0.1, 0.15) is 0 Å². The van der Waals surface area contributed by atoms with Gasteiger partial charge in [-0.05, 0) is 12.1 Å². The van der Waals surface area contributed by atoms with E-state index in [0.717, 1.165) is 5.69 Å². The zero-order chi connectivity index (χ0) is 15.9. The molecule has 1 saturated heterocycles.